The molecule has 29 heavy (non-hydrogen) atoms. The molecular weight excluding hydrogens is 369 g/mol. The molecule has 0 radical (unpaired) electrons. The number of aryl methyl sites for hydroxylation is 2. The number of nitrogens with zero attached hydrogens (tertiary/aromatic N) is 3. The van der Waals surface area contributed by atoms with Gasteiger partial charge >= 0.3 is 0 Å². The van der Waals surface area contributed by atoms with Gasteiger partial charge in [0.1, 0.15) is 11.6 Å². The van der Waals surface area contributed by atoms with Crippen molar-refractivity contribution in [3.8, 4) is 23.5 Å². The zero-order valence-corrected chi connectivity index (χ0v) is 16.2. The monoisotopic (exact) mass is 389 g/mol. The third-order valence-corrected chi connectivity index (χ3v) is 3.85. The Morgan fingerprint density at radius 3 is 2.55 bits per heavy atom. The van der Waals surface area contributed by atoms with E-state index in [1.54, 1.807) is 11.7 Å². The molecule has 6 heteroatoms. The molecule has 0 saturated heterocycles. The van der Waals surface area contributed by atoms with Crippen LogP contribution in [0.4, 0.5) is 4.39 Å². The van der Waals surface area contributed by atoms with Crippen LogP contribution < -0.4 is 4.74 Å². The van der Waals surface area contributed by atoms with Crippen LogP contribution >= 0.6 is 0 Å². The second-order valence-electron chi connectivity index (χ2n) is 6.08. The van der Waals surface area contributed by atoms with Gasteiger partial charge < -0.3 is 9.57 Å². The van der Waals surface area contributed by atoms with Crippen LogP contribution in [0.3, 0.4) is 0 Å². The highest BCUT2D eigenvalue weighted by Crippen LogP contribution is 2.25. The van der Waals surface area contributed by atoms with Crippen molar-refractivity contribution in [3.63, 3.8) is 0 Å². The van der Waals surface area contributed by atoms with E-state index in [1.165, 1.54) is 12.3 Å². The molecule has 2 aromatic carbocycles. The van der Waals surface area contributed by atoms with Crippen LogP contribution in [0.1, 0.15) is 16.8 Å². The number of hydrogen-bond donors (Lipinski definition) is 0. The topological polar surface area (TPSA) is 48.6 Å². The van der Waals surface area contributed by atoms with Gasteiger partial charge in [0.2, 0.25) is 5.88 Å². The fraction of sp³-hybridized carbons (Fsp3) is 0.130. The summed E-state index contributed by atoms with van der Waals surface area (Å²) in [4.78, 5) is 5.04. The number of benzene rings is 2. The number of para-hydroxylation sites is 1. The maximum Gasteiger partial charge on any atom is 0.226 e. The van der Waals surface area contributed by atoms with Gasteiger partial charge in [0.25, 0.3) is 0 Å². The van der Waals surface area contributed by atoms with Crippen LogP contribution in [0.25, 0.3) is 0 Å². The molecular formula is C23H20FN3O2. The first-order valence-corrected chi connectivity index (χ1v) is 8.96. The molecule has 0 aliphatic rings. The lowest BCUT2D eigenvalue weighted by molar-refractivity contribution is 0.154. The van der Waals surface area contributed by atoms with Gasteiger partial charge in [-0.15, -0.1) is 0 Å². The van der Waals surface area contributed by atoms with Gasteiger partial charge in [0.05, 0.1) is 17.5 Å². The summed E-state index contributed by atoms with van der Waals surface area (Å²) in [5.74, 6) is 6.18. The lowest BCUT2D eigenvalue weighted by Gasteiger charge is -2.06. The quantitative estimate of drug-likeness (QED) is 0.346. The van der Waals surface area contributed by atoms with E-state index in [9.17, 15) is 4.39 Å². The predicted molar refractivity (Wildman–Crippen MR) is 111 cm³/mol. The zero-order valence-electron chi connectivity index (χ0n) is 16.2. The Hall–Kier alpha value is -3.85. The molecule has 0 spiro atoms. The Kier molecular flexibility index (Phi) is 6.80. The number of ether oxygens (including phenoxy) is 1. The largest absolute Gasteiger partial charge is 0.439 e. The normalized spacial score (nSPS) is 11.2. The molecule has 0 saturated carbocycles. The highest BCUT2D eigenvalue weighted by molar-refractivity contribution is 5.84. The summed E-state index contributed by atoms with van der Waals surface area (Å²) in [7, 11) is 1.78. The Morgan fingerprint density at radius 2 is 1.83 bits per heavy atom. The van der Waals surface area contributed by atoms with Crippen LogP contribution in [-0.2, 0) is 11.9 Å². The smallest absolute Gasteiger partial charge is 0.226 e. The first kappa shape index (κ1) is 19.9. The molecule has 0 bridgehead atoms. The van der Waals surface area contributed by atoms with Crippen molar-refractivity contribution >= 4 is 6.21 Å². The summed E-state index contributed by atoms with van der Waals surface area (Å²) < 4.78 is 21.3. The summed E-state index contributed by atoms with van der Waals surface area (Å²) in [5.41, 5.74) is 2.19. The lowest BCUT2D eigenvalue weighted by atomic mass is 10.2. The summed E-state index contributed by atoms with van der Waals surface area (Å²) in [6.45, 7) is 1.52. The van der Waals surface area contributed by atoms with Crippen LogP contribution in [0.5, 0.6) is 11.6 Å². The van der Waals surface area contributed by atoms with Crippen molar-refractivity contribution in [2.24, 2.45) is 12.2 Å². The van der Waals surface area contributed by atoms with Crippen molar-refractivity contribution in [1.82, 2.24) is 9.78 Å². The van der Waals surface area contributed by atoms with Gasteiger partial charge in [0, 0.05) is 18.7 Å². The van der Waals surface area contributed by atoms with Crippen LogP contribution in [0.2, 0.25) is 0 Å². The van der Waals surface area contributed by atoms with Crippen LogP contribution in [-0.4, -0.2) is 22.6 Å². The van der Waals surface area contributed by atoms with Gasteiger partial charge in [-0.3, -0.25) is 0 Å². The number of halogens is 1. The predicted octanol–water partition coefficient (Wildman–Crippen LogP) is 4.78. The minimum absolute atomic E-state index is 0.311. The molecule has 5 nitrogen and oxygen atoms in total. The molecule has 0 fully saturated rings. The van der Waals surface area contributed by atoms with Gasteiger partial charge in [0.15, 0.2) is 6.61 Å². The second kappa shape index (κ2) is 9.90. The standard InChI is InChI=1S/C23H20FN3O2/c1-18-22(23(27(2)26-18)29-21-14-7-4-8-15-21)16-25-28-17-20(24)13-9-12-19-10-5-3-6-11-19/h3-8,10-11,13-16H,17H2,1-2H3. The third kappa shape index (κ3) is 5.81. The number of aromatic nitrogens is 2. The van der Waals surface area contributed by atoms with E-state index in [0.717, 1.165) is 11.3 Å². The first-order chi connectivity index (χ1) is 14.1. The number of allylic oxidation sites excluding steroid dienone is 1. The Bertz CT molecular complexity index is 1060. The average molecular weight is 389 g/mol. The maximum absolute atomic E-state index is 13.8. The third-order valence-electron chi connectivity index (χ3n) is 3.85. The molecule has 0 N–H and O–H groups in total. The van der Waals surface area contributed by atoms with Gasteiger partial charge in [-0.1, -0.05) is 53.4 Å². The number of hydrogen-bond acceptors (Lipinski definition) is 4. The zero-order chi connectivity index (χ0) is 20.5. The van der Waals surface area contributed by atoms with E-state index in [2.05, 4.69) is 22.1 Å². The van der Waals surface area contributed by atoms with Crippen molar-refractivity contribution in [1.29, 1.82) is 0 Å². The number of oxime groups is 1. The SMILES string of the molecule is Cc1nn(C)c(Oc2ccccc2)c1C=NOCC(F)=CC#Cc1ccccc1. The van der Waals surface area contributed by atoms with Gasteiger partial charge in [-0.2, -0.15) is 5.10 Å². The molecule has 0 unspecified atom stereocenters. The van der Waals surface area contributed by atoms with Crippen LogP contribution in [0.15, 0.2) is 77.7 Å². The van der Waals surface area contributed by atoms with Gasteiger partial charge in [-0.25, -0.2) is 9.07 Å². The van der Waals surface area contributed by atoms with E-state index in [0.29, 0.717) is 17.2 Å². The molecule has 1 aromatic heterocycles. The van der Waals surface area contributed by atoms with E-state index < -0.39 is 5.83 Å². The fourth-order valence-corrected chi connectivity index (χ4v) is 2.47. The molecule has 1 heterocycles. The molecule has 0 aliphatic heterocycles. The van der Waals surface area contributed by atoms with Crippen molar-refractivity contribution in [2.75, 3.05) is 6.61 Å². The highest BCUT2D eigenvalue weighted by atomic mass is 19.1. The summed E-state index contributed by atoms with van der Waals surface area (Å²) in [6, 6.07) is 18.7. The van der Waals surface area contributed by atoms with E-state index in [1.807, 2.05) is 67.6 Å². The molecule has 3 rings (SSSR count). The minimum Gasteiger partial charge on any atom is -0.439 e. The minimum atomic E-state index is -0.519. The first-order valence-electron chi connectivity index (χ1n) is 8.96. The van der Waals surface area contributed by atoms with E-state index in [-0.39, 0.29) is 6.61 Å². The molecule has 0 aliphatic carbocycles. The highest BCUT2D eigenvalue weighted by Gasteiger charge is 2.14. The van der Waals surface area contributed by atoms with E-state index >= 15 is 0 Å². The average Bonchev–Trinajstić information content (AvgIpc) is 2.99. The summed E-state index contributed by atoms with van der Waals surface area (Å²) in [6.07, 6.45) is 2.63. The van der Waals surface area contributed by atoms with Gasteiger partial charge in [-0.05, 0) is 31.2 Å². The van der Waals surface area contributed by atoms with Crippen LogP contribution in [0, 0.1) is 18.8 Å². The molecule has 146 valence electrons. The summed E-state index contributed by atoms with van der Waals surface area (Å²) in [5, 5.41) is 8.17. The van der Waals surface area contributed by atoms with Crippen molar-refractivity contribution < 1.29 is 14.0 Å². The van der Waals surface area contributed by atoms with Crippen molar-refractivity contribution in [3.05, 3.63) is 89.4 Å². The maximum atomic E-state index is 13.8. The van der Waals surface area contributed by atoms with E-state index in [4.69, 9.17) is 9.57 Å². The Morgan fingerprint density at radius 1 is 1.14 bits per heavy atom. The summed E-state index contributed by atoms with van der Waals surface area (Å²) >= 11 is 0. The van der Waals surface area contributed by atoms with Crippen molar-refractivity contribution in [2.45, 2.75) is 6.92 Å². The molecule has 0 atom stereocenters. The second-order valence-corrected chi connectivity index (χ2v) is 6.08. The number of rotatable bonds is 6. The Balaban J connectivity index is 1.60. The lowest BCUT2D eigenvalue weighted by Crippen LogP contribution is -1.97. The molecule has 3 aromatic rings. The fourth-order valence-electron chi connectivity index (χ4n) is 2.47. The molecule has 0 amide bonds. The Labute approximate surface area is 169 Å².